The van der Waals surface area contributed by atoms with Crippen molar-refractivity contribution in [3.05, 3.63) is 0 Å². The molecule has 0 spiro atoms. The molecule has 1 aliphatic carbocycles. The van der Waals surface area contributed by atoms with Crippen molar-refractivity contribution in [2.45, 2.75) is 32.1 Å². The molecule has 0 bridgehead atoms. The van der Waals surface area contributed by atoms with Gasteiger partial charge in [-0.05, 0) is 12.8 Å². The summed E-state index contributed by atoms with van der Waals surface area (Å²) < 4.78 is 22.8. The van der Waals surface area contributed by atoms with Gasteiger partial charge in [-0.15, -0.1) is 0 Å². The molecule has 1 fully saturated rings. The third-order valence-corrected chi connectivity index (χ3v) is 1.41. The second-order valence-corrected chi connectivity index (χ2v) is 2.79. The van der Waals surface area contributed by atoms with Crippen LogP contribution in [0.1, 0.15) is 32.1 Å². The van der Waals surface area contributed by atoms with Crippen molar-refractivity contribution < 1.29 is 18.1 Å². The maximum absolute atomic E-state index is 10.5. The van der Waals surface area contributed by atoms with Crippen LogP contribution in [-0.2, 0) is 16.2 Å². The third-order valence-electron chi connectivity index (χ3n) is 1.41. The van der Waals surface area contributed by atoms with Gasteiger partial charge in [0, 0.05) is 12.8 Å². The van der Waals surface area contributed by atoms with E-state index >= 15 is 0 Å². The van der Waals surface area contributed by atoms with Crippen molar-refractivity contribution in [2.24, 2.45) is 0 Å². The van der Waals surface area contributed by atoms with Gasteiger partial charge in [-0.25, -0.2) is 0 Å². The van der Waals surface area contributed by atoms with Crippen LogP contribution in [0.15, 0.2) is 0 Å². The Morgan fingerprint density at radius 1 is 1.08 bits per heavy atom. The van der Waals surface area contributed by atoms with Crippen LogP contribution in [0.2, 0.25) is 0 Å². The number of ketones is 1. The van der Waals surface area contributed by atoms with Gasteiger partial charge in [-0.1, -0.05) is 6.42 Å². The topological polar surface area (TPSA) is 74.6 Å². The Labute approximate surface area is 117 Å². The first-order chi connectivity index (χ1) is 5.13. The molecule has 0 unspecified atom stereocenters. The first-order valence-electron chi connectivity index (χ1n) is 3.44. The van der Waals surface area contributed by atoms with Crippen molar-refractivity contribution in [3.63, 3.8) is 0 Å². The zero-order valence-corrected chi connectivity index (χ0v) is 6.97. The molecule has 0 aromatic heterocycles. The standard InChI is InChI=1S/C6H10O.K.H2O3S.H/c7-6-4-2-1-3-5-6;;1-4(2)3;/h1-5H2;;(H2,1,2,3);. The molecule has 0 aromatic rings. The van der Waals surface area contributed by atoms with Crippen LogP contribution in [0.4, 0.5) is 0 Å². The molecule has 4 nitrogen and oxygen atoms in total. The molecule has 0 amide bonds. The molecule has 2 N–H and O–H groups in total. The molecular formula is C6H13KO4S. The average molecular weight is 220 g/mol. The number of Topliss-reactive ketones (excluding diaryl/α,β-unsaturated/α-hetero) is 1. The quantitative estimate of drug-likeness (QED) is 0.462. The minimum absolute atomic E-state index is 0. The first kappa shape index (κ1) is 15.8. The average Bonchev–Trinajstić information content (AvgIpc) is 1.87. The van der Waals surface area contributed by atoms with E-state index in [-0.39, 0.29) is 51.4 Å². The summed E-state index contributed by atoms with van der Waals surface area (Å²) in [6.45, 7) is 0. The zero-order valence-electron chi connectivity index (χ0n) is 6.15. The molecule has 6 heteroatoms. The van der Waals surface area contributed by atoms with Crippen molar-refractivity contribution >= 4 is 68.5 Å². The summed E-state index contributed by atoms with van der Waals surface area (Å²) in [7, 11) is 0. The van der Waals surface area contributed by atoms with Gasteiger partial charge in [-0.2, -0.15) is 4.21 Å². The summed E-state index contributed by atoms with van der Waals surface area (Å²) in [5, 5.41) is 0. The fraction of sp³-hybridized carbons (Fsp3) is 0.833. The van der Waals surface area contributed by atoms with Crippen LogP contribution in [0.5, 0.6) is 0 Å². The van der Waals surface area contributed by atoms with Gasteiger partial charge in [0.05, 0.1) is 0 Å². The molecule has 0 radical (unpaired) electrons. The monoisotopic (exact) mass is 220 g/mol. The summed E-state index contributed by atoms with van der Waals surface area (Å²) in [5.41, 5.74) is 0. The Bertz CT molecular complexity index is 138. The fourth-order valence-electron chi connectivity index (χ4n) is 0.946. The van der Waals surface area contributed by atoms with Crippen LogP contribution in [0.25, 0.3) is 0 Å². The summed E-state index contributed by atoms with van der Waals surface area (Å²) >= 11 is -2.61. The molecular weight excluding hydrogens is 207 g/mol. The van der Waals surface area contributed by atoms with E-state index in [0.29, 0.717) is 5.78 Å². The van der Waals surface area contributed by atoms with E-state index in [1.54, 1.807) is 0 Å². The molecule has 0 aromatic carbocycles. The van der Waals surface area contributed by atoms with Gasteiger partial charge in [0.25, 0.3) is 11.4 Å². The van der Waals surface area contributed by atoms with Gasteiger partial charge in [0.2, 0.25) is 0 Å². The van der Waals surface area contributed by atoms with Crippen molar-refractivity contribution in [2.75, 3.05) is 0 Å². The van der Waals surface area contributed by atoms with E-state index < -0.39 is 11.4 Å². The van der Waals surface area contributed by atoms with E-state index in [0.717, 1.165) is 25.7 Å². The Hall–Kier alpha value is 1.38. The SMILES string of the molecule is O=C1CCCCC1.O=S(O)O.[KH]. The van der Waals surface area contributed by atoms with Crippen LogP contribution in [0.3, 0.4) is 0 Å². The minimum atomic E-state index is -2.61. The number of hydrogen-bond acceptors (Lipinski definition) is 2. The number of rotatable bonds is 0. The normalized spacial score (nSPS) is 16.1. The van der Waals surface area contributed by atoms with Crippen LogP contribution in [0, 0.1) is 0 Å². The van der Waals surface area contributed by atoms with E-state index in [2.05, 4.69) is 0 Å². The van der Waals surface area contributed by atoms with Gasteiger partial charge in [-0.3, -0.25) is 13.9 Å². The molecule has 0 saturated heterocycles. The molecule has 1 rings (SSSR count). The summed E-state index contributed by atoms with van der Waals surface area (Å²) in [5.74, 6) is 0.464. The van der Waals surface area contributed by atoms with E-state index in [1.807, 2.05) is 0 Å². The fourth-order valence-corrected chi connectivity index (χ4v) is 0.946. The number of carbonyl (C=O) groups excluding carboxylic acids is 1. The molecule has 1 saturated carbocycles. The van der Waals surface area contributed by atoms with Crippen molar-refractivity contribution in [1.29, 1.82) is 0 Å². The van der Waals surface area contributed by atoms with Crippen molar-refractivity contribution in [1.82, 2.24) is 0 Å². The van der Waals surface area contributed by atoms with Gasteiger partial charge >= 0.3 is 51.4 Å². The van der Waals surface area contributed by atoms with E-state index in [4.69, 9.17) is 13.3 Å². The third kappa shape index (κ3) is 13.9. The maximum atomic E-state index is 10.5. The Kier molecular flexibility index (Phi) is 13.8. The van der Waals surface area contributed by atoms with Crippen LogP contribution in [-0.4, -0.2) is 70.5 Å². The first-order valence-corrected chi connectivity index (χ1v) is 4.51. The van der Waals surface area contributed by atoms with Crippen LogP contribution < -0.4 is 0 Å². The summed E-state index contributed by atoms with van der Waals surface area (Å²) in [4.78, 5) is 10.5. The van der Waals surface area contributed by atoms with E-state index in [1.165, 1.54) is 6.42 Å². The summed E-state index contributed by atoms with van der Waals surface area (Å²) in [6, 6.07) is 0. The van der Waals surface area contributed by atoms with Gasteiger partial charge in [0.15, 0.2) is 0 Å². The van der Waals surface area contributed by atoms with Crippen molar-refractivity contribution in [3.8, 4) is 0 Å². The predicted molar refractivity (Wildman–Crippen MR) is 48.6 cm³/mol. The van der Waals surface area contributed by atoms with Gasteiger partial charge in [0.1, 0.15) is 5.78 Å². The summed E-state index contributed by atoms with van der Waals surface area (Å²) in [6.07, 6.45) is 5.24. The Morgan fingerprint density at radius 3 is 1.58 bits per heavy atom. The Balaban J connectivity index is 0. The Morgan fingerprint density at radius 2 is 1.42 bits per heavy atom. The number of hydrogen-bond donors (Lipinski definition) is 2. The zero-order chi connectivity index (χ0) is 8.69. The number of carbonyl (C=O) groups is 1. The molecule has 1 aliphatic rings. The molecule has 68 valence electrons. The predicted octanol–water partition coefficient (Wildman–Crippen LogP) is 0.552. The molecule has 0 atom stereocenters. The molecule has 0 heterocycles. The molecule has 12 heavy (non-hydrogen) atoms. The van der Waals surface area contributed by atoms with E-state index in [9.17, 15) is 4.79 Å². The van der Waals surface area contributed by atoms with Crippen LogP contribution >= 0.6 is 0 Å². The second kappa shape index (κ2) is 10.5. The second-order valence-electron chi connectivity index (χ2n) is 2.33. The molecule has 0 aliphatic heterocycles. The van der Waals surface area contributed by atoms with Gasteiger partial charge < -0.3 is 0 Å².